The van der Waals surface area contributed by atoms with Crippen LogP contribution < -0.4 is 0 Å². The highest BCUT2D eigenvalue weighted by atomic mass is 15.1. The zero-order valence-corrected chi connectivity index (χ0v) is 11.8. The number of nitrogens with zero attached hydrogens (tertiary/aromatic N) is 4. The Hall–Kier alpha value is -2.23. The molecule has 0 aliphatic carbocycles. The van der Waals surface area contributed by atoms with Crippen LogP contribution in [-0.2, 0) is 7.05 Å². The third-order valence-corrected chi connectivity index (χ3v) is 2.84. The molecular formula is C15H18N4. The first-order chi connectivity index (χ1) is 9.25. The van der Waals surface area contributed by atoms with Crippen LogP contribution in [0.4, 0.5) is 0 Å². The fourth-order valence-corrected chi connectivity index (χ4v) is 1.92. The maximum atomic E-state index is 4.57. The highest BCUT2D eigenvalue weighted by Crippen LogP contribution is 2.20. The molecule has 2 heterocycles. The third-order valence-electron chi connectivity index (χ3n) is 2.84. The average Bonchev–Trinajstić information content (AvgIpc) is 2.87. The van der Waals surface area contributed by atoms with Gasteiger partial charge in [0, 0.05) is 18.1 Å². The molecule has 0 saturated carbocycles. The van der Waals surface area contributed by atoms with Crippen molar-refractivity contribution in [1.29, 1.82) is 0 Å². The quantitative estimate of drug-likeness (QED) is 0.668. The van der Waals surface area contributed by atoms with E-state index >= 15 is 0 Å². The van der Waals surface area contributed by atoms with Gasteiger partial charge in [-0.25, -0.2) is 15.0 Å². The first-order valence-electron chi connectivity index (χ1n) is 6.46. The monoisotopic (exact) mass is 254 g/mol. The maximum absolute atomic E-state index is 4.57. The Kier molecular flexibility index (Phi) is 3.90. The van der Waals surface area contributed by atoms with Crippen LogP contribution in [0.25, 0.3) is 22.4 Å². The van der Waals surface area contributed by atoms with Crippen molar-refractivity contribution in [2.75, 3.05) is 0 Å². The molecule has 0 aliphatic rings. The first-order valence-corrected chi connectivity index (χ1v) is 6.46. The van der Waals surface area contributed by atoms with Gasteiger partial charge in [0.2, 0.25) is 0 Å². The topological polar surface area (TPSA) is 43.6 Å². The highest BCUT2D eigenvalue weighted by molar-refractivity contribution is 5.82. The zero-order valence-electron chi connectivity index (χ0n) is 11.8. The number of fused-ring (bicyclic) bond motifs is 1. The van der Waals surface area contributed by atoms with Crippen LogP contribution in [0, 0.1) is 6.92 Å². The molecule has 0 aliphatic heterocycles. The van der Waals surface area contributed by atoms with Crippen molar-refractivity contribution >= 4 is 10.9 Å². The average molecular weight is 254 g/mol. The number of imidazole rings is 1. The number of benzene rings is 1. The number of hydrogen-bond donors (Lipinski definition) is 0. The molecule has 0 radical (unpaired) electrons. The lowest BCUT2D eigenvalue weighted by Gasteiger charge is -2.05. The largest absolute Gasteiger partial charge is 0.331 e. The van der Waals surface area contributed by atoms with E-state index in [1.807, 2.05) is 56.7 Å². The van der Waals surface area contributed by atoms with Gasteiger partial charge in [0.15, 0.2) is 5.82 Å². The summed E-state index contributed by atoms with van der Waals surface area (Å²) in [5.74, 6) is 0.723. The molecule has 3 aromatic rings. The lowest BCUT2D eigenvalue weighted by atomic mass is 10.2. The lowest BCUT2D eigenvalue weighted by molar-refractivity contribution is 0.908. The van der Waals surface area contributed by atoms with E-state index in [1.54, 1.807) is 12.5 Å². The summed E-state index contributed by atoms with van der Waals surface area (Å²) in [7, 11) is 1.94. The number of aryl methyl sites for hydroxylation is 2. The summed E-state index contributed by atoms with van der Waals surface area (Å²) in [6.07, 6.45) is 3.53. The van der Waals surface area contributed by atoms with Crippen LogP contribution in [0.2, 0.25) is 0 Å². The Bertz CT molecular complexity index is 685. The smallest absolute Gasteiger partial charge is 0.178 e. The van der Waals surface area contributed by atoms with E-state index in [0.29, 0.717) is 0 Å². The molecule has 98 valence electrons. The van der Waals surface area contributed by atoms with E-state index in [1.165, 1.54) is 0 Å². The van der Waals surface area contributed by atoms with Gasteiger partial charge in [0.25, 0.3) is 0 Å². The summed E-state index contributed by atoms with van der Waals surface area (Å²) >= 11 is 0. The van der Waals surface area contributed by atoms with Crippen molar-refractivity contribution in [3.8, 4) is 11.5 Å². The van der Waals surface area contributed by atoms with Gasteiger partial charge in [0.1, 0.15) is 5.69 Å². The van der Waals surface area contributed by atoms with Gasteiger partial charge in [-0.15, -0.1) is 0 Å². The molecular weight excluding hydrogens is 236 g/mol. The van der Waals surface area contributed by atoms with E-state index in [4.69, 9.17) is 0 Å². The van der Waals surface area contributed by atoms with Crippen molar-refractivity contribution in [2.45, 2.75) is 20.8 Å². The molecule has 4 heteroatoms. The van der Waals surface area contributed by atoms with Crippen LogP contribution in [0.3, 0.4) is 0 Å². The predicted octanol–water partition coefficient (Wildman–Crippen LogP) is 3.36. The Balaban J connectivity index is 0.000000637. The molecule has 0 spiro atoms. The van der Waals surface area contributed by atoms with Gasteiger partial charge in [-0.05, 0) is 13.0 Å². The van der Waals surface area contributed by atoms with Crippen molar-refractivity contribution in [3.63, 3.8) is 0 Å². The summed E-state index contributed by atoms with van der Waals surface area (Å²) in [6.45, 7) is 6.00. The molecule has 0 saturated heterocycles. The van der Waals surface area contributed by atoms with Gasteiger partial charge in [-0.3, -0.25) is 0 Å². The van der Waals surface area contributed by atoms with Crippen LogP contribution in [0.1, 0.15) is 19.5 Å². The van der Waals surface area contributed by atoms with Crippen molar-refractivity contribution in [3.05, 3.63) is 42.5 Å². The van der Waals surface area contributed by atoms with E-state index in [2.05, 4.69) is 15.0 Å². The Morgan fingerprint density at radius 1 is 1.05 bits per heavy atom. The molecule has 0 amide bonds. The second-order valence-corrected chi connectivity index (χ2v) is 4.04. The summed E-state index contributed by atoms with van der Waals surface area (Å²) in [5, 5.41) is 1.10. The fraction of sp³-hybridized carbons (Fsp3) is 0.267. The van der Waals surface area contributed by atoms with Crippen LogP contribution in [0.5, 0.6) is 0 Å². The van der Waals surface area contributed by atoms with Crippen LogP contribution >= 0.6 is 0 Å². The molecule has 0 unspecified atom stereocenters. The summed E-state index contributed by atoms with van der Waals surface area (Å²) in [6, 6.07) is 8.03. The molecule has 3 rings (SSSR count). The molecule has 4 nitrogen and oxygen atoms in total. The Labute approximate surface area is 113 Å². The SMILES string of the molecule is CC.Cc1nc(-c2cncn2C)nc2ccccc12. The molecule has 0 atom stereocenters. The van der Waals surface area contributed by atoms with Crippen molar-refractivity contribution < 1.29 is 0 Å². The molecule has 0 N–H and O–H groups in total. The summed E-state index contributed by atoms with van der Waals surface area (Å²) in [4.78, 5) is 13.2. The second-order valence-electron chi connectivity index (χ2n) is 4.04. The third kappa shape index (κ3) is 2.47. The molecule has 2 aromatic heterocycles. The standard InChI is InChI=1S/C13H12N4.C2H6/c1-9-10-5-3-4-6-11(10)16-13(15-9)12-7-14-8-17(12)2;1-2/h3-8H,1-2H3;1-2H3. The molecule has 0 bridgehead atoms. The van der Waals surface area contributed by atoms with E-state index in [-0.39, 0.29) is 0 Å². The van der Waals surface area contributed by atoms with Gasteiger partial charge in [-0.1, -0.05) is 32.0 Å². The van der Waals surface area contributed by atoms with E-state index < -0.39 is 0 Å². The van der Waals surface area contributed by atoms with Crippen LogP contribution in [-0.4, -0.2) is 19.5 Å². The van der Waals surface area contributed by atoms with Gasteiger partial charge < -0.3 is 4.57 Å². The highest BCUT2D eigenvalue weighted by Gasteiger charge is 2.08. The fourth-order valence-electron chi connectivity index (χ4n) is 1.92. The minimum absolute atomic E-state index is 0.723. The summed E-state index contributed by atoms with van der Waals surface area (Å²) < 4.78 is 1.92. The number of hydrogen-bond acceptors (Lipinski definition) is 3. The Morgan fingerprint density at radius 2 is 1.79 bits per heavy atom. The minimum atomic E-state index is 0.723. The first kappa shape index (κ1) is 13.2. The van der Waals surface area contributed by atoms with Gasteiger partial charge in [-0.2, -0.15) is 0 Å². The minimum Gasteiger partial charge on any atom is -0.331 e. The molecule has 0 fully saturated rings. The van der Waals surface area contributed by atoms with E-state index in [0.717, 1.165) is 28.1 Å². The van der Waals surface area contributed by atoms with Crippen molar-refractivity contribution in [2.24, 2.45) is 7.05 Å². The molecule has 19 heavy (non-hydrogen) atoms. The number of para-hydroxylation sites is 1. The summed E-state index contributed by atoms with van der Waals surface area (Å²) in [5.41, 5.74) is 2.89. The second kappa shape index (κ2) is 5.61. The zero-order chi connectivity index (χ0) is 13.8. The van der Waals surface area contributed by atoms with Crippen LogP contribution in [0.15, 0.2) is 36.8 Å². The number of aromatic nitrogens is 4. The maximum Gasteiger partial charge on any atom is 0.178 e. The molecule has 1 aromatic carbocycles. The van der Waals surface area contributed by atoms with Gasteiger partial charge in [0.05, 0.1) is 18.0 Å². The van der Waals surface area contributed by atoms with E-state index in [9.17, 15) is 0 Å². The Morgan fingerprint density at radius 3 is 2.47 bits per heavy atom. The lowest BCUT2D eigenvalue weighted by Crippen LogP contribution is -1.98. The predicted molar refractivity (Wildman–Crippen MR) is 77.8 cm³/mol. The normalized spacial score (nSPS) is 10.1. The van der Waals surface area contributed by atoms with Gasteiger partial charge >= 0.3 is 0 Å². The van der Waals surface area contributed by atoms with Crippen molar-refractivity contribution in [1.82, 2.24) is 19.5 Å². The number of rotatable bonds is 1.